The highest BCUT2D eigenvalue weighted by atomic mass is 35.5. The van der Waals surface area contributed by atoms with Gasteiger partial charge in [-0.3, -0.25) is 4.79 Å². The van der Waals surface area contributed by atoms with Gasteiger partial charge >= 0.3 is 0 Å². The summed E-state index contributed by atoms with van der Waals surface area (Å²) >= 11 is 6.29. The number of anilines is 2. The van der Waals surface area contributed by atoms with Gasteiger partial charge in [-0.05, 0) is 41.3 Å². The topological polar surface area (TPSA) is 49.0 Å². The Bertz CT molecular complexity index is 1480. The Morgan fingerprint density at radius 1 is 0.935 bits per heavy atom. The highest BCUT2D eigenvalue weighted by Gasteiger charge is 2.17. The summed E-state index contributed by atoms with van der Waals surface area (Å²) < 4.78 is 14.4. The molecule has 0 fully saturated rings. The van der Waals surface area contributed by atoms with Crippen LogP contribution < -0.4 is 10.5 Å². The normalized spacial score (nSPS) is 11.2. The Balaban J connectivity index is 1.74. The van der Waals surface area contributed by atoms with Crippen LogP contribution in [0.2, 0.25) is 5.02 Å². The number of nitrogens with zero attached hydrogens (tertiary/aromatic N) is 2. The van der Waals surface area contributed by atoms with Gasteiger partial charge in [-0.25, -0.2) is 9.37 Å². The lowest BCUT2D eigenvalue weighted by atomic mass is 10.1. The quantitative estimate of drug-likeness (QED) is 0.369. The molecule has 152 valence electrons. The van der Waals surface area contributed by atoms with E-state index >= 15 is 0 Å². The molecule has 0 bridgehead atoms. The average molecular weight is 430 g/mol. The van der Waals surface area contributed by atoms with Crippen LogP contribution in [-0.2, 0) is 6.54 Å². The summed E-state index contributed by atoms with van der Waals surface area (Å²) in [4.78, 5) is 21.5. The van der Waals surface area contributed by atoms with Gasteiger partial charge in [-0.2, -0.15) is 0 Å². The predicted molar refractivity (Wildman–Crippen MR) is 124 cm³/mol. The highest BCUT2D eigenvalue weighted by Crippen LogP contribution is 2.34. The van der Waals surface area contributed by atoms with Crippen LogP contribution in [0.25, 0.3) is 21.7 Å². The first kappa shape index (κ1) is 19.3. The van der Waals surface area contributed by atoms with Gasteiger partial charge in [0.25, 0.3) is 0 Å². The molecular weight excluding hydrogens is 413 g/mol. The number of para-hydroxylation sites is 1. The molecule has 0 atom stereocenters. The van der Waals surface area contributed by atoms with E-state index in [2.05, 4.69) is 9.97 Å². The number of hydrogen-bond donors (Lipinski definition) is 1. The van der Waals surface area contributed by atoms with E-state index in [9.17, 15) is 9.18 Å². The number of H-pyrrole nitrogens is 1. The number of aromatic amines is 1. The lowest BCUT2D eigenvalue weighted by Crippen LogP contribution is -2.20. The molecule has 0 radical (unpaired) electrons. The Hall–Kier alpha value is -3.70. The zero-order valence-electron chi connectivity index (χ0n) is 16.3. The van der Waals surface area contributed by atoms with Crippen molar-refractivity contribution in [1.29, 1.82) is 0 Å². The molecule has 0 saturated heterocycles. The van der Waals surface area contributed by atoms with Gasteiger partial charge in [0.05, 0.1) is 12.1 Å². The van der Waals surface area contributed by atoms with Crippen LogP contribution in [0.1, 0.15) is 5.56 Å². The van der Waals surface area contributed by atoms with Crippen molar-refractivity contribution in [3.63, 3.8) is 0 Å². The van der Waals surface area contributed by atoms with Crippen LogP contribution in [0, 0.1) is 5.82 Å². The number of halogens is 2. The summed E-state index contributed by atoms with van der Waals surface area (Å²) in [6.07, 6.45) is 1.75. The molecule has 0 spiro atoms. The fourth-order valence-electron chi connectivity index (χ4n) is 3.87. The van der Waals surface area contributed by atoms with Crippen molar-refractivity contribution in [3.8, 4) is 0 Å². The first-order valence-electron chi connectivity index (χ1n) is 9.77. The SMILES string of the molecule is O=c1cc(CN(c2cccc(Cl)c2)c2nccc3ccccc23)c2cccc(F)c2[nH]1. The second-order valence-corrected chi connectivity index (χ2v) is 7.68. The summed E-state index contributed by atoms with van der Waals surface area (Å²) in [6, 6.07) is 23.6. The summed E-state index contributed by atoms with van der Waals surface area (Å²) in [5.74, 6) is 0.263. The molecule has 2 aromatic heterocycles. The Morgan fingerprint density at radius 3 is 2.61 bits per heavy atom. The van der Waals surface area contributed by atoms with Crippen molar-refractivity contribution >= 4 is 44.8 Å². The van der Waals surface area contributed by atoms with Crippen LogP contribution in [0.5, 0.6) is 0 Å². The van der Waals surface area contributed by atoms with Crippen molar-refractivity contribution in [1.82, 2.24) is 9.97 Å². The molecule has 0 saturated carbocycles. The fraction of sp³-hybridized carbons (Fsp3) is 0.0400. The smallest absolute Gasteiger partial charge is 0.248 e. The van der Waals surface area contributed by atoms with Crippen LogP contribution in [0.15, 0.2) is 89.9 Å². The Morgan fingerprint density at radius 2 is 1.74 bits per heavy atom. The largest absolute Gasteiger partial charge is 0.321 e. The van der Waals surface area contributed by atoms with E-state index in [-0.39, 0.29) is 11.1 Å². The second-order valence-electron chi connectivity index (χ2n) is 7.24. The van der Waals surface area contributed by atoms with Gasteiger partial charge in [-0.15, -0.1) is 0 Å². The summed E-state index contributed by atoms with van der Waals surface area (Å²) in [5.41, 5.74) is 1.35. The maximum absolute atomic E-state index is 14.4. The molecule has 2 heterocycles. The van der Waals surface area contributed by atoms with Crippen LogP contribution in [0.4, 0.5) is 15.9 Å². The van der Waals surface area contributed by atoms with Gasteiger partial charge in [0.2, 0.25) is 5.56 Å². The molecule has 0 unspecified atom stereocenters. The number of rotatable bonds is 4. The molecule has 0 aliphatic heterocycles. The van der Waals surface area contributed by atoms with Crippen molar-refractivity contribution < 1.29 is 4.39 Å². The first-order valence-corrected chi connectivity index (χ1v) is 10.2. The Kier molecular flexibility index (Phi) is 4.88. The number of fused-ring (bicyclic) bond motifs is 2. The predicted octanol–water partition coefficient (Wildman–Crippen LogP) is 6.21. The van der Waals surface area contributed by atoms with Crippen molar-refractivity contribution in [2.24, 2.45) is 0 Å². The van der Waals surface area contributed by atoms with Crippen LogP contribution in [0.3, 0.4) is 0 Å². The monoisotopic (exact) mass is 429 g/mol. The number of nitrogens with one attached hydrogen (secondary N) is 1. The van der Waals surface area contributed by atoms with E-state index in [0.717, 1.165) is 22.3 Å². The van der Waals surface area contributed by atoms with E-state index in [1.807, 2.05) is 53.4 Å². The number of benzene rings is 3. The van der Waals surface area contributed by atoms with Gasteiger partial charge in [0.1, 0.15) is 11.6 Å². The van der Waals surface area contributed by atoms with Crippen LogP contribution in [-0.4, -0.2) is 9.97 Å². The number of hydrogen-bond acceptors (Lipinski definition) is 3. The molecule has 0 amide bonds. The summed E-state index contributed by atoms with van der Waals surface area (Å²) in [6.45, 7) is 0.311. The molecule has 6 heteroatoms. The molecule has 5 aromatic rings. The van der Waals surface area contributed by atoms with E-state index in [1.54, 1.807) is 24.4 Å². The maximum Gasteiger partial charge on any atom is 0.248 e. The lowest BCUT2D eigenvalue weighted by Gasteiger charge is -2.26. The molecule has 0 aliphatic carbocycles. The number of aromatic nitrogens is 2. The molecule has 4 nitrogen and oxygen atoms in total. The van der Waals surface area contributed by atoms with Gasteiger partial charge in [-0.1, -0.05) is 54.1 Å². The Labute approximate surface area is 182 Å². The summed E-state index contributed by atoms with van der Waals surface area (Å²) in [5, 5.41) is 3.24. The van der Waals surface area contributed by atoms with E-state index in [0.29, 0.717) is 22.5 Å². The first-order chi connectivity index (χ1) is 15.1. The standard InChI is InChI=1S/C25H17ClFN3O/c26-18-6-3-7-19(14-18)30(25-21-8-2-1-5-16(21)11-12-28-25)15-17-13-23(31)29-24-20(17)9-4-10-22(24)27/h1-14H,15H2,(H,29,31). The molecule has 31 heavy (non-hydrogen) atoms. The summed E-state index contributed by atoms with van der Waals surface area (Å²) in [7, 11) is 0. The lowest BCUT2D eigenvalue weighted by molar-refractivity contribution is 0.636. The zero-order chi connectivity index (χ0) is 21.4. The van der Waals surface area contributed by atoms with Crippen molar-refractivity contribution in [3.05, 3.63) is 112 Å². The third-order valence-corrected chi connectivity index (χ3v) is 5.50. The minimum absolute atomic E-state index is 0.196. The molecule has 3 aromatic carbocycles. The van der Waals surface area contributed by atoms with E-state index in [4.69, 9.17) is 11.6 Å². The van der Waals surface area contributed by atoms with E-state index in [1.165, 1.54) is 12.1 Å². The van der Waals surface area contributed by atoms with Crippen molar-refractivity contribution in [2.45, 2.75) is 6.54 Å². The second kappa shape index (κ2) is 7.85. The minimum atomic E-state index is -0.464. The average Bonchev–Trinajstić information content (AvgIpc) is 2.78. The van der Waals surface area contributed by atoms with Crippen molar-refractivity contribution in [2.75, 3.05) is 4.90 Å². The number of pyridine rings is 2. The molecule has 1 N–H and O–H groups in total. The minimum Gasteiger partial charge on any atom is -0.321 e. The van der Waals surface area contributed by atoms with Crippen LogP contribution >= 0.6 is 11.6 Å². The molecule has 0 aliphatic rings. The third-order valence-electron chi connectivity index (χ3n) is 5.27. The molecular formula is C25H17ClFN3O. The highest BCUT2D eigenvalue weighted by molar-refractivity contribution is 6.30. The maximum atomic E-state index is 14.4. The van der Waals surface area contributed by atoms with Gasteiger partial charge < -0.3 is 9.88 Å². The van der Waals surface area contributed by atoms with E-state index < -0.39 is 5.82 Å². The zero-order valence-corrected chi connectivity index (χ0v) is 17.1. The fourth-order valence-corrected chi connectivity index (χ4v) is 4.05. The molecule has 5 rings (SSSR count). The van der Waals surface area contributed by atoms with Gasteiger partial charge in [0, 0.05) is 33.7 Å². The third kappa shape index (κ3) is 3.64. The van der Waals surface area contributed by atoms with Gasteiger partial charge in [0.15, 0.2) is 0 Å².